The van der Waals surface area contributed by atoms with E-state index in [1.165, 1.54) is 6.07 Å². The van der Waals surface area contributed by atoms with E-state index in [0.29, 0.717) is 17.0 Å². The summed E-state index contributed by atoms with van der Waals surface area (Å²) in [5.41, 5.74) is 2.63. The molecule has 0 aliphatic heterocycles. The lowest BCUT2D eigenvalue weighted by Gasteiger charge is -2.06. The third-order valence-electron chi connectivity index (χ3n) is 4.88. The Labute approximate surface area is 189 Å². The van der Waals surface area contributed by atoms with Crippen LogP contribution in [0.15, 0.2) is 78.9 Å². The number of aromatic nitrogens is 3. The molecule has 1 aromatic heterocycles. The van der Waals surface area contributed by atoms with Crippen LogP contribution in [0.4, 0.5) is 4.39 Å². The fourth-order valence-corrected chi connectivity index (χ4v) is 3.12. The molecule has 0 aliphatic rings. The largest absolute Gasteiger partial charge is 0.450 e. The molecular weight excluding hydrogens is 423 g/mol. The normalized spacial score (nSPS) is 10.6. The highest BCUT2D eigenvalue weighted by atomic mass is 19.1. The molecule has 0 radical (unpaired) electrons. The van der Waals surface area contributed by atoms with Crippen LogP contribution >= 0.6 is 0 Å². The molecule has 0 atom stereocenters. The van der Waals surface area contributed by atoms with Crippen LogP contribution in [0.5, 0.6) is 0 Å². The van der Waals surface area contributed by atoms with Crippen molar-refractivity contribution in [2.75, 3.05) is 6.61 Å². The van der Waals surface area contributed by atoms with E-state index >= 15 is 0 Å². The minimum Gasteiger partial charge on any atom is -0.450 e. The van der Waals surface area contributed by atoms with E-state index < -0.39 is 18.5 Å². The van der Waals surface area contributed by atoms with Gasteiger partial charge in [-0.05, 0) is 36.2 Å². The summed E-state index contributed by atoms with van der Waals surface area (Å²) < 4.78 is 20.3. The molecule has 3 aromatic carbocycles. The van der Waals surface area contributed by atoms with E-state index in [4.69, 9.17) is 4.74 Å². The van der Waals surface area contributed by atoms with Crippen LogP contribution in [0.2, 0.25) is 0 Å². The Balaban J connectivity index is 1.44. The average molecular weight is 444 g/mol. The van der Waals surface area contributed by atoms with Crippen LogP contribution in [-0.2, 0) is 16.1 Å². The maximum Gasteiger partial charge on any atom is 0.378 e. The average Bonchev–Trinajstić information content (AvgIpc) is 3.30. The van der Waals surface area contributed by atoms with Crippen LogP contribution in [0.25, 0.3) is 17.1 Å². The van der Waals surface area contributed by atoms with Gasteiger partial charge in [-0.1, -0.05) is 60.7 Å². The number of aryl methyl sites for hydroxylation is 1. The summed E-state index contributed by atoms with van der Waals surface area (Å²) in [5.74, 6) is -1.37. The number of hydrogen-bond acceptors (Lipinski definition) is 5. The quantitative estimate of drug-likeness (QED) is 0.438. The Morgan fingerprint density at radius 2 is 1.70 bits per heavy atom. The molecule has 0 saturated heterocycles. The lowest BCUT2D eigenvalue weighted by molar-refractivity contribution is -0.124. The van der Waals surface area contributed by atoms with Gasteiger partial charge in [0.25, 0.3) is 11.7 Å². The van der Waals surface area contributed by atoms with Gasteiger partial charge in [-0.15, -0.1) is 5.10 Å². The molecule has 0 bridgehead atoms. The molecule has 4 rings (SSSR count). The Hall–Kier alpha value is -4.33. The molecule has 1 N–H and O–H groups in total. The number of ether oxygens (including phenoxy) is 1. The number of carbonyl (C=O) groups excluding carboxylic acids is 2. The van der Waals surface area contributed by atoms with Crippen LogP contribution in [0.1, 0.15) is 21.7 Å². The molecule has 0 saturated carbocycles. The van der Waals surface area contributed by atoms with Gasteiger partial charge in [-0.3, -0.25) is 4.79 Å². The predicted octanol–water partition coefficient (Wildman–Crippen LogP) is 3.86. The lowest BCUT2D eigenvalue weighted by Crippen LogP contribution is -2.28. The summed E-state index contributed by atoms with van der Waals surface area (Å²) >= 11 is 0. The van der Waals surface area contributed by atoms with E-state index in [9.17, 15) is 14.0 Å². The topological polar surface area (TPSA) is 86.1 Å². The number of carbonyl (C=O) groups is 2. The standard InChI is InChI=1S/C25H21FN4O3/c1-17-12-13-18(14-21(17)26)15-27-22(31)16-33-25(32)23-28-24(19-8-4-2-5-9-19)30(29-23)20-10-6-3-7-11-20/h2-14H,15-16H2,1H3,(H,27,31). The van der Waals surface area contributed by atoms with Gasteiger partial charge in [0.2, 0.25) is 0 Å². The van der Waals surface area contributed by atoms with Gasteiger partial charge in [0.1, 0.15) is 5.82 Å². The number of amides is 1. The van der Waals surface area contributed by atoms with Crippen LogP contribution in [0.3, 0.4) is 0 Å². The molecule has 166 valence electrons. The summed E-state index contributed by atoms with van der Waals surface area (Å²) in [6, 6.07) is 23.3. The van der Waals surface area contributed by atoms with Gasteiger partial charge in [-0.25, -0.2) is 18.9 Å². The van der Waals surface area contributed by atoms with Crippen molar-refractivity contribution < 1.29 is 18.7 Å². The molecule has 0 spiro atoms. The lowest BCUT2D eigenvalue weighted by atomic mass is 10.1. The van der Waals surface area contributed by atoms with Crippen molar-refractivity contribution in [3.8, 4) is 17.1 Å². The summed E-state index contributed by atoms with van der Waals surface area (Å²) in [7, 11) is 0. The molecule has 0 fully saturated rings. The fraction of sp³-hybridized carbons (Fsp3) is 0.120. The Bertz CT molecular complexity index is 1220. The van der Waals surface area contributed by atoms with E-state index in [1.54, 1.807) is 23.7 Å². The number of esters is 1. The van der Waals surface area contributed by atoms with Crippen molar-refractivity contribution in [2.24, 2.45) is 0 Å². The van der Waals surface area contributed by atoms with Gasteiger partial charge in [0, 0.05) is 12.1 Å². The van der Waals surface area contributed by atoms with Crippen molar-refractivity contribution in [3.63, 3.8) is 0 Å². The van der Waals surface area contributed by atoms with E-state index in [2.05, 4.69) is 15.4 Å². The van der Waals surface area contributed by atoms with Gasteiger partial charge >= 0.3 is 5.97 Å². The highest BCUT2D eigenvalue weighted by Crippen LogP contribution is 2.21. The molecule has 1 heterocycles. The summed E-state index contributed by atoms with van der Waals surface area (Å²) in [4.78, 5) is 29.0. The first-order valence-electron chi connectivity index (χ1n) is 10.3. The van der Waals surface area contributed by atoms with Crippen molar-refractivity contribution in [1.82, 2.24) is 20.1 Å². The minimum absolute atomic E-state index is 0.118. The van der Waals surface area contributed by atoms with Crippen LogP contribution < -0.4 is 5.32 Å². The molecule has 7 nitrogen and oxygen atoms in total. The second kappa shape index (κ2) is 9.86. The third kappa shape index (κ3) is 5.30. The molecule has 4 aromatic rings. The minimum atomic E-state index is -0.821. The first-order chi connectivity index (χ1) is 16.0. The number of halogens is 1. The number of rotatable bonds is 7. The number of benzene rings is 3. The van der Waals surface area contributed by atoms with E-state index in [0.717, 1.165) is 11.3 Å². The molecule has 0 aliphatic carbocycles. The Morgan fingerprint density at radius 1 is 1.00 bits per heavy atom. The Kier molecular flexibility index (Phi) is 6.54. The molecule has 8 heteroatoms. The highest BCUT2D eigenvalue weighted by molar-refractivity contribution is 5.88. The van der Waals surface area contributed by atoms with Crippen molar-refractivity contribution in [2.45, 2.75) is 13.5 Å². The highest BCUT2D eigenvalue weighted by Gasteiger charge is 2.20. The summed E-state index contributed by atoms with van der Waals surface area (Å²) in [5, 5.41) is 6.90. The summed E-state index contributed by atoms with van der Waals surface area (Å²) in [6.45, 7) is 1.27. The SMILES string of the molecule is Cc1ccc(CNC(=O)COC(=O)c2nc(-c3ccccc3)n(-c3ccccc3)n2)cc1F. The monoisotopic (exact) mass is 444 g/mol. The smallest absolute Gasteiger partial charge is 0.378 e. The first kappa shape index (κ1) is 21.9. The van der Waals surface area contributed by atoms with Crippen molar-refractivity contribution >= 4 is 11.9 Å². The van der Waals surface area contributed by atoms with Gasteiger partial charge < -0.3 is 10.1 Å². The van der Waals surface area contributed by atoms with E-state index in [1.807, 2.05) is 60.7 Å². The van der Waals surface area contributed by atoms with Gasteiger partial charge in [0.15, 0.2) is 12.4 Å². The van der Waals surface area contributed by atoms with Crippen LogP contribution in [0, 0.1) is 12.7 Å². The second-order valence-electron chi connectivity index (χ2n) is 7.31. The molecular formula is C25H21FN4O3. The zero-order chi connectivity index (χ0) is 23.2. The second-order valence-corrected chi connectivity index (χ2v) is 7.31. The zero-order valence-electron chi connectivity index (χ0n) is 17.9. The summed E-state index contributed by atoms with van der Waals surface area (Å²) in [6.07, 6.45) is 0. The third-order valence-corrected chi connectivity index (χ3v) is 4.88. The fourth-order valence-electron chi connectivity index (χ4n) is 3.12. The molecule has 33 heavy (non-hydrogen) atoms. The van der Waals surface area contributed by atoms with Gasteiger partial charge in [0.05, 0.1) is 5.69 Å². The first-order valence-corrected chi connectivity index (χ1v) is 10.3. The number of nitrogens with one attached hydrogen (secondary N) is 1. The van der Waals surface area contributed by atoms with Crippen molar-refractivity contribution in [1.29, 1.82) is 0 Å². The molecule has 1 amide bonds. The maximum absolute atomic E-state index is 13.6. The zero-order valence-corrected chi connectivity index (χ0v) is 17.9. The predicted molar refractivity (Wildman–Crippen MR) is 120 cm³/mol. The number of para-hydroxylation sites is 1. The van der Waals surface area contributed by atoms with Gasteiger partial charge in [-0.2, -0.15) is 0 Å². The number of nitrogens with zero attached hydrogens (tertiary/aromatic N) is 3. The maximum atomic E-state index is 13.6. The Morgan fingerprint density at radius 3 is 2.39 bits per heavy atom. The van der Waals surface area contributed by atoms with Crippen molar-refractivity contribution in [3.05, 3.63) is 102 Å². The molecule has 0 unspecified atom stereocenters. The number of hydrogen-bond donors (Lipinski definition) is 1. The van der Waals surface area contributed by atoms with E-state index in [-0.39, 0.29) is 18.2 Å². The van der Waals surface area contributed by atoms with Crippen LogP contribution in [-0.4, -0.2) is 33.2 Å².